The van der Waals surface area contributed by atoms with Crippen LogP contribution < -0.4 is 0 Å². The molecule has 2 aliphatic heterocycles. The molecule has 2 heterocycles. The zero-order chi connectivity index (χ0) is 21.5. The maximum atomic E-state index is 12.8. The van der Waals surface area contributed by atoms with Crippen molar-refractivity contribution < 1.29 is 4.79 Å². The lowest BCUT2D eigenvalue weighted by Gasteiger charge is -2.36. The zero-order valence-corrected chi connectivity index (χ0v) is 19.0. The number of hydrogen-bond donors (Lipinski definition) is 0. The fraction of sp³-hybridized carbons (Fsp3) is 0.519. The van der Waals surface area contributed by atoms with Crippen LogP contribution in [0.1, 0.15) is 42.4 Å². The normalized spacial score (nSPS) is 20.7. The van der Waals surface area contributed by atoms with Gasteiger partial charge < -0.3 is 4.90 Å². The first kappa shape index (κ1) is 22.0. The van der Waals surface area contributed by atoms with E-state index in [2.05, 4.69) is 76.2 Å². The Morgan fingerprint density at radius 1 is 0.871 bits per heavy atom. The Bertz CT molecular complexity index is 829. The van der Waals surface area contributed by atoms with Crippen LogP contribution in [-0.2, 0) is 17.9 Å². The van der Waals surface area contributed by atoms with Crippen molar-refractivity contribution in [3.05, 3.63) is 71.3 Å². The third-order valence-electron chi connectivity index (χ3n) is 7.00. The van der Waals surface area contributed by atoms with Gasteiger partial charge in [0.05, 0.1) is 0 Å². The Balaban J connectivity index is 1.18. The number of rotatable bonds is 7. The number of benzene rings is 2. The van der Waals surface area contributed by atoms with Crippen molar-refractivity contribution in [3.63, 3.8) is 0 Å². The maximum absolute atomic E-state index is 12.8. The van der Waals surface area contributed by atoms with E-state index < -0.39 is 0 Å². The smallest absolute Gasteiger partial charge is 0.222 e. The molecule has 0 aromatic heterocycles. The zero-order valence-electron chi connectivity index (χ0n) is 19.0. The summed E-state index contributed by atoms with van der Waals surface area (Å²) in [7, 11) is 0. The van der Waals surface area contributed by atoms with Gasteiger partial charge in [-0.15, -0.1) is 0 Å². The number of hydrogen-bond acceptors (Lipinski definition) is 3. The summed E-state index contributed by atoms with van der Waals surface area (Å²) in [5.74, 6) is 1.01. The quantitative estimate of drug-likeness (QED) is 0.668. The Morgan fingerprint density at radius 2 is 1.61 bits per heavy atom. The molecule has 31 heavy (non-hydrogen) atoms. The van der Waals surface area contributed by atoms with Crippen molar-refractivity contribution in [1.29, 1.82) is 0 Å². The van der Waals surface area contributed by atoms with Gasteiger partial charge in [0, 0.05) is 52.2 Å². The number of nitrogens with zero attached hydrogens (tertiary/aromatic N) is 3. The number of piperazine rings is 1. The number of likely N-dealkylation sites (tertiary alicyclic amines) is 1. The monoisotopic (exact) mass is 419 g/mol. The molecule has 2 saturated heterocycles. The van der Waals surface area contributed by atoms with Crippen molar-refractivity contribution in [2.24, 2.45) is 5.92 Å². The lowest BCUT2D eigenvalue weighted by atomic mass is 9.92. The number of aryl methyl sites for hydroxylation is 1. The highest BCUT2D eigenvalue weighted by Gasteiger charge is 2.24. The van der Waals surface area contributed by atoms with Crippen LogP contribution in [0.5, 0.6) is 0 Å². The molecule has 2 aromatic carbocycles. The molecular weight excluding hydrogens is 382 g/mol. The van der Waals surface area contributed by atoms with Crippen LogP contribution in [0.3, 0.4) is 0 Å². The molecule has 2 aliphatic rings. The van der Waals surface area contributed by atoms with Crippen molar-refractivity contribution in [2.45, 2.75) is 45.7 Å². The van der Waals surface area contributed by atoms with E-state index in [-0.39, 0.29) is 0 Å². The van der Waals surface area contributed by atoms with E-state index in [4.69, 9.17) is 0 Å². The van der Waals surface area contributed by atoms with E-state index in [0.717, 1.165) is 52.2 Å². The van der Waals surface area contributed by atoms with E-state index in [1.165, 1.54) is 36.1 Å². The molecule has 0 N–H and O–H groups in total. The number of carbonyl (C=O) groups is 1. The first-order valence-corrected chi connectivity index (χ1v) is 12.0. The highest BCUT2D eigenvalue weighted by molar-refractivity contribution is 5.76. The largest absolute Gasteiger partial charge is 0.340 e. The topological polar surface area (TPSA) is 26.8 Å². The molecule has 1 atom stereocenters. The number of piperidine rings is 1. The predicted octanol–water partition coefficient (Wildman–Crippen LogP) is 4.33. The third kappa shape index (κ3) is 6.41. The van der Waals surface area contributed by atoms with Crippen molar-refractivity contribution >= 4 is 5.91 Å². The van der Waals surface area contributed by atoms with Gasteiger partial charge >= 0.3 is 0 Å². The Labute approximate surface area is 187 Å². The molecule has 166 valence electrons. The third-order valence-corrected chi connectivity index (χ3v) is 7.00. The molecule has 0 bridgehead atoms. The van der Waals surface area contributed by atoms with Crippen LogP contribution >= 0.6 is 0 Å². The minimum absolute atomic E-state index is 0.357. The summed E-state index contributed by atoms with van der Waals surface area (Å²) < 4.78 is 0. The summed E-state index contributed by atoms with van der Waals surface area (Å²) >= 11 is 0. The molecule has 4 rings (SSSR count). The molecule has 4 heteroatoms. The van der Waals surface area contributed by atoms with E-state index >= 15 is 0 Å². The van der Waals surface area contributed by atoms with Gasteiger partial charge in [-0.25, -0.2) is 0 Å². The van der Waals surface area contributed by atoms with Crippen LogP contribution in [0, 0.1) is 12.8 Å². The molecular formula is C27H37N3O. The van der Waals surface area contributed by atoms with Gasteiger partial charge in [0.2, 0.25) is 5.91 Å². The first-order chi connectivity index (χ1) is 15.2. The highest BCUT2D eigenvalue weighted by Crippen LogP contribution is 2.24. The molecule has 0 saturated carbocycles. The molecule has 1 amide bonds. The Morgan fingerprint density at radius 3 is 2.39 bits per heavy atom. The second kappa shape index (κ2) is 10.9. The van der Waals surface area contributed by atoms with Crippen LogP contribution in [0.4, 0.5) is 0 Å². The minimum atomic E-state index is 0.357. The summed E-state index contributed by atoms with van der Waals surface area (Å²) in [4.78, 5) is 20.0. The molecule has 4 nitrogen and oxygen atoms in total. The van der Waals surface area contributed by atoms with E-state index in [1.54, 1.807) is 0 Å². The molecule has 0 spiro atoms. The van der Waals surface area contributed by atoms with Crippen LogP contribution in [0.25, 0.3) is 0 Å². The number of amides is 1. The van der Waals surface area contributed by atoms with Crippen molar-refractivity contribution in [1.82, 2.24) is 14.7 Å². The molecule has 0 radical (unpaired) electrons. The van der Waals surface area contributed by atoms with Gasteiger partial charge in [0.25, 0.3) is 0 Å². The molecule has 2 aromatic rings. The van der Waals surface area contributed by atoms with E-state index in [1.807, 2.05) is 0 Å². The van der Waals surface area contributed by atoms with Crippen molar-refractivity contribution in [3.8, 4) is 0 Å². The highest BCUT2D eigenvalue weighted by atomic mass is 16.2. The summed E-state index contributed by atoms with van der Waals surface area (Å²) in [5, 5.41) is 0. The summed E-state index contributed by atoms with van der Waals surface area (Å²) in [6, 6.07) is 19.3. The summed E-state index contributed by atoms with van der Waals surface area (Å²) in [5.41, 5.74) is 4.17. The van der Waals surface area contributed by atoms with E-state index in [9.17, 15) is 4.79 Å². The summed E-state index contributed by atoms with van der Waals surface area (Å²) in [6.45, 7) is 10.2. The SMILES string of the molecule is Cc1ccccc1CN1CCC[C@@H](CCC(=O)N2CCN(Cc3ccccc3)CC2)C1. The lowest BCUT2D eigenvalue weighted by Crippen LogP contribution is -2.48. The fourth-order valence-electron chi connectivity index (χ4n) is 5.04. The van der Waals surface area contributed by atoms with Gasteiger partial charge in [0.15, 0.2) is 0 Å². The van der Waals surface area contributed by atoms with Crippen LogP contribution in [-0.4, -0.2) is 59.9 Å². The summed E-state index contributed by atoms with van der Waals surface area (Å²) in [6.07, 6.45) is 4.26. The Kier molecular flexibility index (Phi) is 7.76. The molecule has 0 aliphatic carbocycles. The maximum Gasteiger partial charge on any atom is 0.222 e. The van der Waals surface area contributed by atoms with Gasteiger partial charge in [-0.3, -0.25) is 14.6 Å². The number of carbonyl (C=O) groups excluding carboxylic acids is 1. The standard InChI is InChI=1S/C27H37N3O/c1-23-8-5-6-12-26(23)22-29-15-7-11-25(21-29)13-14-27(31)30-18-16-28(17-19-30)20-24-9-3-2-4-10-24/h2-6,8-10,12,25H,7,11,13-22H2,1H3/t25-/m0/s1. The van der Waals surface area contributed by atoms with E-state index in [0.29, 0.717) is 18.2 Å². The average molecular weight is 420 g/mol. The second-order valence-electron chi connectivity index (χ2n) is 9.35. The predicted molar refractivity (Wildman–Crippen MR) is 127 cm³/mol. The van der Waals surface area contributed by atoms with Gasteiger partial charge in [-0.05, 0) is 55.3 Å². The minimum Gasteiger partial charge on any atom is -0.340 e. The van der Waals surface area contributed by atoms with Gasteiger partial charge in [-0.1, -0.05) is 54.6 Å². The van der Waals surface area contributed by atoms with Crippen LogP contribution in [0.2, 0.25) is 0 Å². The molecule has 2 fully saturated rings. The van der Waals surface area contributed by atoms with Gasteiger partial charge in [0.1, 0.15) is 0 Å². The second-order valence-corrected chi connectivity index (χ2v) is 9.35. The van der Waals surface area contributed by atoms with Gasteiger partial charge in [-0.2, -0.15) is 0 Å². The van der Waals surface area contributed by atoms with Crippen molar-refractivity contribution in [2.75, 3.05) is 39.3 Å². The fourth-order valence-corrected chi connectivity index (χ4v) is 5.04. The Hall–Kier alpha value is -2.17. The average Bonchev–Trinajstić information content (AvgIpc) is 2.80. The first-order valence-electron chi connectivity index (χ1n) is 12.0. The molecule has 0 unspecified atom stereocenters. The van der Waals surface area contributed by atoms with Crippen LogP contribution in [0.15, 0.2) is 54.6 Å². The lowest BCUT2D eigenvalue weighted by molar-refractivity contribution is -0.133.